The van der Waals surface area contributed by atoms with E-state index in [1.165, 1.54) is 11.1 Å². The Bertz CT molecular complexity index is 882. The molecule has 3 aromatic carbocycles. The summed E-state index contributed by atoms with van der Waals surface area (Å²) in [6.07, 6.45) is 0. The van der Waals surface area contributed by atoms with E-state index in [4.69, 9.17) is 21.1 Å². The van der Waals surface area contributed by atoms with Crippen LogP contribution in [0.5, 0.6) is 11.5 Å². The highest BCUT2D eigenvalue weighted by Gasteiger charge is 2.07. The first-order valence-corrected chi connectivity index (χ1v) is 9.32. The average Bonchev–Trinajstić information content (AvgIpc) is 2.68. The van der Waals surface area contributed by atoms with Crippen LogP contribution in [-0.4, -0.2) is 7.11 Å². The van der Waals surface area contributed by atoms with E-state index in [0.717, 1.165) is 35.7 Å². The van der Waals surface area contributed by atoms with Crippen molar-refractivity contribution >= 4 is 24.0 Å². The molecule has 0 bridgehead atoms. The van der Waals surface area contributed by atoms with Gasteiger partial charge in [-0.3, -0.25) is 0 Å². The molecule has 28 heavy (non-hydrogen) atoms. The Morgan fingerprint density at radius 2 is 1.54 bits per heavy atom. The second kappa shape index (κ2) is 11.0. The van der Waals surface area contributed by atoms with Crippen LogP contribution in [0.25, 0.3) is 0 Å². The van der Waals surface area contributed by atoms with E-state index < -0.39 is 0 Å². The smallest absolute Gasteiger partial charge is 0.161 e. The maximum Gasteiger partial charge on any atom is 0.161 e. The fourth-order valence-corrected chi connectivity index (χ4v) is 3.00. The Labute approximate surface area is 178 Å². The van der Waals surface area contributed by atoms with Gasteiger partial charge in [-0.05, 0) is 47.9 Å². The molecule has 0 atom stereocenters. The predicted octanol–water partition coefficient (Wildman–Crippen LogP) is 5.95. The predicted molar refractivity (Wildman–Crippen MR) is 118 cm³/mol. The molecular weight excluding hydrogens is 393 g/mol. The van der Waals surface area contributed by atoms with E-state index in [1.807, 2.05) is 36.4 Å². The summed E-state index contributed by atoms with van der Waals surface area (Å²) < 4.78 is 11.4. The topological polar surface area (TPSA) is 30.5 Å². The van der Waals surface area contributed by atoms with E-state index in [2.05, 4.69) is 42.6 Å². The number of aryl methyl sites for hydroxylation is 1. The Balaban J connectivity index is 0.00000280. The van der Waals surface area contributed by atoms with E-state index in [9.17, 15) is 0 Å². The Morgan fingerprint density at radius 3 is 2.25 bits per heavy atom. The first-order chi connectivity index (χ1) is 13.1. The first kappa shape index (κ1) is 22.1. The molecule has 3 aromatic rings. The normalized spacial score (nSPS) is 10.2. The van der Waals surface area contributed by atoms with Crippen LogP contribution in [0, 0.1) is 6.92 Å². The van der Waals surface area contributed by atoms with Gasteiger partial charge in [0.25, 0.3) is 0 Å². The number of nitrogens with one attached hydrogen (secondary N) is 1. The van der Waals surface area contributed by atoms with Gasteiger partial charge in [-0.1, -0.05) is 59.6 Å². The molecule has 3 nitrogen and oxygen atoms in total. The van der Waals surface area contributed by atoms with E-state index >= 15 is 0 Å². The molecule has 0 aromatic heterocycles. The van der Waals surface area contributed by atoms with Crippen LogP contribution in [0.1, 0.15) is 22.3 Å². The van der Waals surface area contributed by atoms with Gasteiger partial charge in [-0.2, -0.15) is 0 Å². The summed E-state index contributed by atoms with van der Waals surface area (Å²) in [5.74, 6) is 1.45. The largest absolute Gasteiger partial charge is 0.493 e. The molecule has 0 aliphatic carbocycles. The lowest BCUT2D eigenvalue weighted by atomic mass is 10.1. The van der Waals surface area contributed by atoms with Gasteiger partial charge in [-0.15, -0.1) is 12.4 Å². The lowest BCUT2D eigenvalue weighted by Crippen LogP contribution is -2.12. The highest BCUT2D eigenvalue weighted by molar-refractivity contribution is 6.30. The van der Waals surface area contributed by atoms with Gasteiger partial charge in [0.05, 0.1) is 7.11 Å². The minimum atomic E-state index is 0. The van der Waals surface area contributed by atoms with E-state index in [1.54, 1.807) is 7.11 Å². The third kappa shape index (κ3) is 6.45. The summed E-state index contributed by atoms with van der Waals surface area (Å²) in [5.41, 5.74) is 4.72. The summed E-state index contributed by atoms with van der Waals surface area (Å²) in [7, 11) is 1.66. The SMILES string of the molecule is COc1cc(CNCc2ccc(C)cc2)ccc1OCc1cccc(Cl)c1.Cl. The van der Waals surface area contributed by atoms with Crippen molar-refractivity contribution in [1.82, 2.24) is 5.32 Å². The second-order valence-corrected chi connectivity index (χ2v) is 6.93. The molecule has 0 saturated heterocycles. The van der Waals surface area contributed by atoms with Crippen molar-refractivity contribution < 1.29 is 9.47 Å². The second-order valence-electron chi connectivity index (χ2n) is 6.49. The first-order valence-electron chi connectivity index (χ1n) is 8.94. The average molecular weight is 418 g/mol. The molecule has 3 rings (SSSR count). The minimum Gasteiger partial charge on any atom is -0.493 e. The van der Waals surface area contributed by atoms with Crippen LogP contribution in [0.4, 0.5) is 0 Å². The van der Waals surface area contributed by atoms with Gasteiger partial charge in [0, 0.05) is 18.1 Å². The number of rotatable bonds is 8. The van der Waals surface area contributed by atoms with E-state index in [0.29, 0.717) is 11.6 Å². The monoisotopic (exact) mass is 417 g/mol. The summed E-state index contributed by atoms with van der Waals surface area (Å²) in [5, 5.41) is 4.17. The number of hydrogen-bond acceptors (Lipinski definition) is 3. The molecule has 0 heterocycles. The molecule has 0 fully saturated rings. The van der Waals surface area contributed by atoms with Crippen LogP contribution in [0.15, 0.2) is 66.7 Å². The number of ether oxygens (including phenoxy) is 2. The summed E-state index contributed by atoms with van der Waals surface area (Å²) in [6.45, 7) is 4.13. The standard InChI is InChI=1S/C23H24ClNO2.ClH/c1-17-6-8-18(9-7-17)14-25-15-19-10-11-22(23(13-19)26-2)27-16-20-4-3-5-21(24)12-20;/h3-13,25H,14-16H2,1-2H3;1H. The maximum absolute atomic E-state index is 6.02. The Morgan fingerprint density at radius 1 is 0.821 bits per heavy atom. The molecule has 0 saturated carbocycles. The van der Waals surface area contributed by atoms with Gasteiger partial charge in [-0.25, -0.2) is 0 Å². The number of halogens is 2. The fourth-order valence-electron chi connectivity index (χ4n) is 2.79. The molecule has 1 N–H and O–H groups in total. The van der Waals surface area contributed by atoms with Crippen molar-refractivity contribution in [1.29, 1.82) is 0 Å². The summed E-state index contributed by atoms with van der Waals surface area (Å²) >= 11 is 6.02. The number of benzene rings is 3. The van der Waals surface area contributed by atoms with Crippen LogP contribution in [0.3, 0.4) is 0 Å². The third-order valence-electron chi connectivity index (χ3n) is 4.29. The Hall–Kier alpha value is -2.20. The molecule has 0 aliphatic heterocycles. The minimum absolute atomic E-state index is 0. The zero-order valence-electron chi connectivity index (χ0n) is 16.1. The highest BCUT2D eigenvalue weighted by Crippen LogP contribution is 2.29. The van der Waals surface area contributed by atoms with Crippen LogP contribution < -0.4 is 14.8 Å². The number of methoxy groups -OCH3 is 1. The molecule has 0 amide bonds. The lowest BCUT2D eigenvalue weighted by Gasteiger charge is -2.13. The Kier molecular flexibility index (Phi) is 8.65. The van der Waals surface area contributed by atoms with Gasteiger partial charge in [0.1, 0.15) is 6.61 Å². The molecular formula is C23H25Cl2NO2. The molecule has 0 unspecified atom stereocenters. The molecule has 0 aliphatic rings. The third-order valence-corrected chi connectivity index (χ3v) is 4.53. The van der Waals surface area contributed by atoms with Crippen molar-refractivity contribution in [3.05, 3.63) is 94.0 Å². The quantitative estimate of drug-likeness (QED) is 0.491. The highest BCUT2D eigenvalue weighted by atomic mass is 35.5. The van der Waals surface area contributed by atoms with Crippen molar-refractivity contribution in [3.63, 3.8) is 0 Å². The zero-order chi connectivity index (χ0) is 19.1. The van der Waals surface area contributed by atoms with Crippen molar-refractivity contribution in [2.45, 2.75) is 26.6 Å². The zero-order valence-corrected chi connectivity index (χ0v) is 17.6. The van der Waals surface area contributed by atoms with Gasteiger partial charge in [0.2, 0.25) is 0 Å². The van der Waals surface area contributed by atoms with Gasteiger partial charge in [0.15, 0.2) is 11.5 Å². The number of hydrogen-bond donors (Lipinski definition) is 1. The molecule has 0 spiro atoms. The van der Waals surface area contributed by atoms with Crippen molar-refractivity contribution in [2.75, 3.05) is 7.11 Å². The van der Waals surface area contributed by atoms with Crippen LogP contribution in [0.2, 0.25) is 5.02 Å². The van der Waals surface area contributed by atoms with Crippen LogP contribution >= 0.6 is 24.0 Å². The summed E-state index contributed by atoms with van der Waals surface area (Å²) in [4.78, 5) is 0. The molecule has 148 valence electrons. The van der Waals surface area contributed by atoms with Crippen molar-refractivity contribution in [2.24, 2.45) is 0 Å². The molecule has 0 radical (unpaired) electrons. The van der Waals surface area contributed by atoms with Crippen LogP contribution in [-0.2, 0) is 19.7 Å². The van der Waals surface area contributed by atoms with Gasteiger partial charge >= 0.3 is 0 Å². The van der Waals surface area contributed by atoms with Crippen molar-refractivity contribution in [3.8, 4) is 11.5 Å². The maximum atomic E-state index is 6.02. The summed E-state index contributed by atoms with van der Waals surface area (Å²) in [6, 6.07) is 22.2. The van der Waals surface area contributed by atoms with E-state index in [-0.39, 0.29) is 12.4 Å². The lowest BCUT2D eigenvalue weighted by molar-refractivity contribution is 0.284. The van der Waals surface area contributed by atoms with Gasteiger partial charge < -0.3 is 14.8 Å². The molecule has 5 heteroatoms. The fraction of sp³-hybridized carbons (Fsp3) is 0.217.